The second-order valence-corrected chi connectivity index (χ2v) is 7.91. The van der Waals surface area contributed by atoms with Gasteiger partial charge in [0, 0.05) is 30.4 Å². The van der Waals surface area contributed by atoms with Crippen LogP contribution in [0.3, 0.4) is 0 Å². The Balaban J connectivity index is 1.55. The highest BCUT2D eigenvalue weighted by molar-refractivity contribution is 6.30. The largest absolute Gasteiger partial charge is 0.486 e. The van der Waals surface area contributed by atoms with Crippen LogP contribution >= 0.6 is 11.6 Å². The topological polar surface area (TPSA) is 64.0 Å². The summed E-state index contributed by atoms with van der Waals surface area (Å²) in [5.41, 5.74) is 4.52. The van der Waals surface area contributed by atoms with Crippen LogP contribution < -0.4 is 9.47 Å². The van der Waals surface area contributed by atoms with Gasteiger partial charge in [-0.15, -0.1) is 0 Å². The first-order valence-electron chi connectivity index (χ1n) is 9.84. The molecule has 7 heteroatoms. The van der Waals surface area contributed by atoms with Crippen molar-refractivity contribution in [3.05, 3.63) is 64.3 Å². The Morgan fingerprint density at radius 2 is 1.80 bits per heavy atom. The van der Waals surface area contributed by atoms with E-state index in [1.165, 1.54) is 17.5 Å². The molecule has 0 fully saturated rings. The summed E-state index contributed by atoms with van der Waals surface area (Å²) in [4.78, 5) is 16.9. The van der Waals surface area contributed by atoms with Crippen LogP contribution in [0.15, 0.2) is 47.6 Å². The van der Waals surface area contributed by atoms with E-state index in [-0.39, 0.29) is 11.9 Å². The molecule has 0 unspecified atom stereocenters. The third-order valence-corrected chi connectivity index (χ3v) is 5.74. The summed E-state index contributed by atoms with van der Waals surface area (Å²) < 4.78 is 11.3. The summed E-state index contributed by atoms with van der Waals surface area (Å²) in [6.07, 6.45) is 0.570. The van der Waals surface area contributed by atoms with Crippen molar-refractivity contribution in [3.8, 4) is 11.5 Å². The van der Waals surface area contributed by atoms with Crippen LogP contribution in [0.2, 0.25) is 5.15 Å². The van der Waals surface area contributed by atoms with Crippen molar-refractivity contribution in [1.82, 2.24) is 9.99 Å². The van der Waals surface area contributed by atoms with Crippen LogP contribution in [-0.2, 0) is 4.79 Å². The Hall–Kier alpha value is -3.12. The summed E-state index contributed by atoms with van der Waals surface area (Å²) in [7, 11) is 0. The van der Waals surface area contributed by atoms with Gasteiger partial charge in [-0.25, -0.2) is 9.99 Å². The highest BCUT2D eigenvalue weighted by atomic mass is 35.5. The second-order valence-electron chi connectivity index (χ2n) is 7.55. The number of carbonyl (C=O) groups excluding carboxylic acids is 1. The number of ether oxygens (including phenoxy) is 2. The molecule has 0 N–H and O–H groups in total. The zero-order valence-corrected chi connectivity index (χ0v) is 17.4. The lowest BCUT2D eigenvalue weighted by atomic mass is 9.98. The van der Waals surface area contributed by atoms with Crippen molar-refractivity contribution in [2.45, 2.75) is 26.3 Å². The van der Waals surface area contributed by atoms with Crippen molar-refractivity contribution in [2.75, 3.05) is 13.2 Å². The zero-order valence-electron chi connectivity index (χ0n) is 16.7. The number of fused-ring (bicyclic) bond motifs is 2. The first kappa shape index (κ1) is 18.9. The molecule has 3 heterocycles. The van der Waals surface area contributed by atoms with Gasteiger partial charge in [0.2, 0.25) is 5.91 Å². The minimum absolute atomic E-state index is 0.138. The molecule has 0 radical (unpaired) electrons. The molecule has 0 spiro atoms. The first-order valence-corrected chi connectivity index (χ1v) is 10.2. The normalized spacial score (nSPS) is 17.9. The fourth-order valence-electron chi connectivity index (χ4n) is 3.90. The number of hydrogen-bond donors (Lipinski definition) is 0. The molecular formula is C23H20ClN3O3. The maximum atomic E-state index is 12.3. The molecule has 0 aliphatic carbocycles. The zero-order chi connectivity index (χ0) is 20.8. The van der Waals surface area contributed by atoms with E-state index in [0.717, 1.165) is 27.7 Å². The number of carbonyl (C=O) groups is 1. The van der Waals surface area contributed by atoms with Gasteiger partial charge < -0.3 is 9.47 Å². The smallest absolute Gasteiger partial charge is 0.240 e. The predicted octanol–water partition coefficient (Wildman–Crippen LogP) is 4.67. The molecular weight excluding hydrogens is 402 g/mol. The molecule has 5 rings (SSSR count). The van der Waals surface area contributed by atoms with Crippen molar-refractivity contribution in [2.24, 2.45) is 5.10 Å². The molecule has 2 aromatic carbocycles. The molecule has 1 aromatic heterocycles. The van der Waals surface area contributed by atoms with Gasteiger partial charge in [-0.3, -0.25) is 4.79 Å². The van der Waals surface area contributed by atoms with E-state index in [4.69, 9.17) is 21.1 Å². The maximum Gasteiger partial charge on any atom is 0.240 e. The average Bonchev–Trinajstić information content (AvgIpc) is 3.18. The third-order valence-electron chi connectivity index (χ3n) is 5.44. The molecule has 2 aliphatic heterocycles. The molecule has 1 amide bonds. The highest BCUT2D eigenvalue weighted by Crippen LogP contribution is 2.40. The van der Waals surface area contributed by atoms with Gasteiger partial charge in [-0.1, -0.05) is 41.4 Å². The molecule has 0 bridgehead atoms. The molecule has 3 aromatic rings. The monoisotopic (exact) mass is 421 g/mol. The van der Waals surface area contributed by atoms with Crippen LogP contribution in [0, 0.1) is 6.92 Å². The summed E-state index contributed by atoms with van der Waals surface area (Å²) in [6.45, 7) is 4.58. The molecule has 6 nitrogen and oxygen atoms in total. The minimum atomic E-state index is -0.309. The standard InChI is InChI=1S/C23H20ClN3O3/c1-13-3-5-15(6-4-13)19-11-20(27(26-19)14(2)28)17-9-16-10-21-22(30-8-7-29-21)12-18(16)25-23(17)24/h3-6,9-10,12,20H,7-8,11H2,1-2H3/t20-/m0/s1. The second kappa shape index (κ2) is 7.29. The molecule has 1 atom stereocenters. The Morgan fingerprint density at radius 1 is 1.10 bits per heavy atom. The highest BCUT2D eigenvalue weighted by Gasteiger charge is 2.33. The molecule has 0 saturated carbocycles. The Kier molecular flexibility index (Phi) is 4.59. The lowest BCUT2D eigenvalue weighted by Crippen LogP contribution is -2.24. The van der Waals surface area contributed by atoms with E-state index in [2.05, 4.69) is 10.1 Å². The first-order chi connectivity index (χ1) is 14.5. The van der Waals surface area contributed by atoms with E-state index >= 15 is 0 Å². The Labute approximate surface area is 179 Å². The Bertz CT molecular complexity index is 1190. The van der Waals surface area contributed by atoms with Crippen LogP contribution in [0.5, 0.6) is 11.5 Å². The van der Waals surface area contributed by atoms with E-state index in [1.807, 2.05) is 49.4 Å². The van der Waals surface area contributed by atoms with Crippen LogP contribution in [0.1, 0.15) is 36.1 Å². The average molecular weight is 422 g/mol. The summed E-state index contributed by atoms with van der Waals surface area (Å²) in [5.74, 6) is 1.22. The molecule has 152 valence electrons. The number of pyridine rings is 1. The number of aryl methyl sites for hydroxylation is 1. The number of halogens is 1. The Morgan fingerprint density at radius 3 is 2.50 bits per heavy atom. The van der Waals surface area contributed by atoms with Crippen molar-refractivity contribution < 1.29 is 14.3 Å². The number of aromatic nitrogens is 1. The van der Waals surface area contributed by atoms with Gasteiger partial charge in [0.1, 0.15) is 18.4 Å². The molecule has 30 heavy (non-hydrogen) atoms. The number of rotatable bonds is 2. The van der Waals surface area contributed by atoms with Gasteiger partial charge in [-0.05, 0) is 24.6 Å². The van der Waals surface area contributed by atoms with E-state index in [1.54, 1.807) is 0 Å². The molecule has 0 saturated heterocycles. The maximum absolute atomic E-state index is 12.3. The number of hydrogen-bond acceptors (Lipinski definition) is 5. The van der Waals surface area contributed by atoms with Crippen LogP contribution in [0.4, 0.5) is 0 Å². The number of amides is 1. The lowest BCUT2D eigenvalue weighted by Gasteiger charge is -2.22. The fraction of sp³-hybridized carbons (Fsp3) is 0.261. The van der Waals surface area contributed by atoms with Crippen LogP contribution in [-0.4, -0.2) is 34.8 Å². The molecule has 2 aliphatic rings. The summed E-state index contributed by atoms with van der Waals surface area (Å²) in [6, 6.07) is 13.5. The van der Waals surface area contributed by atoms with E-state index in [0.29, 0.717) is 36.3 Å². The van der Waals surface area contributed by atoms with Gasteiger partial charge in [0.15, 0.2) is 11.5 Å². The number of nitrogens with zero attached hydrogens (tertiary/aromatic N) is 3. The minimum Gasteiger partial charge on any atom is -0.486 e. The summed E-state index contributed by atoms with van der Waals surface area (Å²) >= 11 is 6.58. The third kappa shape index (κ3) is 3.27. The van der Waals surface area contributed by atoms with Gasteiger partial charge in [-0.2, -0.15) is 5.10 Å². The fourth-order valence-corrected chi connectivity index (χ4v) is 4.17. The van der Waals surface area contributed by atoms with E-state index < -0.39 is 0 Å². The van der Waals surface area contributed by atoms with Crippen LogP contribution in [0.25, 0.3) is 10.9 Å². The SMILES string of the molecule is CC(=O)N1N=C(c2ccc(C)cc2)C[C@H]1c1cc2cc3c(cc2nc1Cl)OCCO3. The van der Waals surface area contributed by atoms with Crippen molar-refractivity contribution in [1.29, 1.82) is 0 Å². The summed E-state index contributed by atoms with van der Waals surface area (Å²) in [5, 5.41) is 7.35. The predicted molar refractivity (Wildman–Crippen MR) is 115 cm³/mol. The van der Waals surface area contributed by atoms with Gasteiger partial charge in [0.25, 0.3) is 0 Å². The van der Waals surface area contributed by atoms with Gasteiger partial charge >= 0.3 is 0 Å². The number of benzene rings is 2. The van der Waals surface area contributed by atoms with Gasteiger partial charge in [0.05, 0.1) is 17.3 Å². The lowest BCUT2D eigenvalue weighted by molar-refractivity contribution is -0.130. The number of hydrazone groups is 1. The van der Waals surface area contributed by atoms with E-state index in [9.17, 15) is 4.79 Å². The van der Waals surface area contributed by atoms with Crippen molar-refractivity contribution >= 4 is 34.1 Å². The quantitative estimate of drug-likeness (QED) is 0.564. The van der Waals surface area contributed by atoms with Crippen molar-refractivity contribution in [3.63, 3.8) is 0 Å².